The Bertz CT molecular complexity index is 465. The third-order valence-corrected chi connectivity index (χ3v) is 2.68. The van der Waals surface area contributed by atoms with Crippen molar-refractivity contribution in [2.75, 3.05) is 19.0 Å². The summed E-state index contributed by atoms with van der Waals surface area (Å²) in [5.41, 5.74) is 2.73. The van der Waals surface area contributed by atoms with Gasteiger partial charge in [0.15, 0.2) is 0 Å². The zero-order valence-corrected chi connectivity index (χ0v) is 10.8. The molecular weight excluding hydrogens is 283 g/mol. The number of amides is 1. The van der Waals surface area contributed by atoms with Gasteiger partial charge in [0.2, 0.25) is 0 Å². The third-order valence-electron chi connectivity index (χ3n) is 2.44. The first kappa shape index (κ1) is 15.6. The Hall–Kier alpha value is -1.47. The van der Waals surface area contributed by atoms with Crippen LogP contribution in [0.4, 0.5) is 18.9 Å². The largest absolute Gasteiger partial charge is 0.390 e. The van der Waals surface area contributed by atoms with Crippen molar-refractivity contribution < 1.29 is 18.0 Å². The average Bonchev–Trinajstić information content (AvgIpc) is 2.34. The number of hydrogen-bond acceptors (Lipinski definition) is 3. The third kappa shape index (κ3) is 4.60. The maximum atomic E-state index is 12.1. The summed E-state index contributed by atoms with van der Waals surface area (Å²) in [6.07, 6.45) is -5.38. The summed E-state index contributed by atoms with van der Waals surface area (Å²) in [5.74, 6) is 4.65. The van der Waals surface area contributed by atoms with Crippen LogP contribution < -0.4 is 11.3 Å². The highest BCUT2D eigenvalue weighted by Gasteiger charge is 2.28. The van der Waals surface area contributed by atoms with Gasteiger partial charge in [-0.1, -0.05) is 11.6 Å². The molecule has 106 valence electrons. The van der Waals surface area contributed by atoms with E-state index in [1.165, 1.54) is 25.2 Å². The highest BCUT2D eigenvalue weighted by molar-refractivity contribution is 6.31. The molecule has 0 aliphatic rings. The van der Waals surface area contributed by atoms with E-state index in [1.807, 2.05) is 0 Å². The van der Waals surface area contributed by atoms with Gasteiger partial charge in [-0.15, -0.1) is 0 Å². The predicted molar refractivity (Wildman–Crippen MR) is 66.9 cm³/mol. The number of carbonyl (C=O) groups is 1. The number of alkyl halides is 3. The van der Waals surface area contributed by atoms with E-state index >= 15 is 0 Å². The molecule has 0 aliphatic heterocycles. The summed E-state index contributed by atoms with van der Waals surface area (Å²) in [7, 11) is 1.29. The van der Waals surface area contributed by atoms with E-state index in [1.54, 1.807) is 0 Å². The quantitative estimate of drug-likeness (QED) is 0.663. The molecule has 0 spiro atoms. The first-order chi connectivity index (χ1) is 8.74. The first-order valence-corrected chi connectivity index (χ1v) is 5.71. The number of nitrogen functional groups attached to an aromatic ring is 1. The van der Waals surface area contributed by atoms with E-state index in [2.05, 4.69) is 5.43 Å². The molecule has 4 nitrogen and oxygen atoms in total. The number of nitrogens with zero attached hydrogens (tertiary/aromatic N) is 1. The topological polar surface area (TPSA) is 58.4 Å². The van der Waals surface area contributed by atoms with E-state index in [0.29, 0.717) is 10.7 Å². The Labute approximate surface area is 113 Å². The molecule has 1 rings (SSSR count). The molecule has 0 radical (unpaired) electrons. The van der Waals surface area contributed by atoms with Gasteiger partial charge in [-0.25, -0.2) is 0 Å². The maximum absolute atomic E-state index is 12.1. The molecular formula is C11H13ClF3N3O. The molecule has 8 heteroatoms. The van der Waals surface area contributed by atoms with Crippen molar-refractivity contribution in [3.8, 4) is 0 Å². The van der Waals surface area contributed by atoms with Gasteiger partial charge in [-0.05, 0) is 18.2 Å². The lowest BCUT2D eigenvalue weighted by atomic mass is 10.1. The number of nitrogens with one attached hydrogen (secondary N) is 1. The Kier molecular flexibility index (Phi) is 5.02. The lowest BCUT2D eigenvalue weighted by molar-refractivity contribution is -0.136. The van der Waals surface area contributed by atoms with Crippen molar-refractivity contribution in [3.63, 3.8) is 0 Å². The summed E-state index contributed by atoms with van der Waals surface area (Å²) in [6, 6.07) is 4.35. The molecule has 1 amide bonds. The summed E-state index contributed by atoms with van der Waals surface area (Å²) in [4.78, 5) is 13.0. The van der Waals surface area contributed by atoms with Crippen LogP contribution in [0.3, 0.4) is 0 Å². The zero-order valence-electron chi connectivity index (χ0n) is 10.1. The van der Waals surface area contributed by atoms with Crippen molar-refractivity contribution in [2.45, 2.75) is 12.6 Å². The Morgan fingerprint density at radius 1 is 1.47 bits per heavy atom. The zero-order chi connectivity index (χ0) is 14.6. The molecule has 1 aromatic rings. The van der Waals surface area contributed by atoms with Gasteiger partial charge in [-0.3, -0.25) is 10.6 Å². The molecule has 0 unspecified atom stereocenters. The molecule has 0 saturated carbocycles. The normalized spacial score (nSPS) is 11.3. The van der Waals surface area contributed by atoms with Gasteiger partial charge >= 0.3 is 6.18 Å². The summed E-state index contributed by atoms with van der Waals surface area (Å²) < 4.78 is 36.3. The Morgan fingerprint density at radius 2 is 2.11 bits per heavy atom. The first-order valence-electron chi connectivity index (χ1n) is 5.33. The molecule has 0 heterocycles. The highest BCUT2D eigenvalue weighted by atomic mass is 35.5. The fourth-order valence-electron chi connectivity index (χ4n) is 1.42. The number of hydrazine groups is 1. The van der Waals surface area contributed by atoms with Crippen molar-refractivity contribution in [1.82, 2.24) is 4.90 Å². The second-order valence-electron chi connectivity index (χ2n) is 3.93. The Morgan fingerprint density at radius 3 is 2.63 bits per heavy atom. The van der Waals surface area contributed by atoms with Crippen LogP contribution in [0.25, 0.3) is 0 Å². The minimum atomic E-state index is -4.31. The summed E-state index contributed by atoms with van der Waals surface area (Å²) >= 11 is 5.75. The fraction of sp³-hybridized carbons (Fsp3) is 0.364. The van der Waals surface area contributed by atoms with Crippen LogP contribution in [-0.2, 0) is 0 Å². The molecule has 19 heavy (non-hydrogen) atoms. The number of nitrogens with two attached hydrogens (primary N) is 1. The van der Waals surface area contributed by atoms with E-state index in [4.69, 9.17) is 17.4 Å². The molecule has 0 aliphatic carbocycles. The van der Waals surface area contributed by atoms with Crippen molar-refractivity contribution >= 4 is 23.2 Å². The smallest absolute Gasteiger partial charge is 0.341 e. The van der Waals surface area contributed by atoms with Crippen LogP contribution in [0.1, 0.15) is 16.8 Å². The lowest BCUT2D eigenvalue weighted by Gasteiger charge is -2.19. The van der Waals surface area contributed by atoms with Crippen LogP contribution in [0.5, 0.6) is 0 Å². The minimum absolute atomic E-state index is 0.125. The Balaban J connectivity index is 2.84. The van der Waals surface area contributed by atoms with Crippen LogP contribution in [-0.4, -0.2) is 30.6 Å². The van der Waals surface area contributed by atoms with Crippen LogP contribution >= 0.6 is 11.6 Å². The lowest BCUT2D eigenvalue weighted by Crippen LogP contribution is -2.31. The number of carbonyl (C=O) groups excluding carboxylic acids is 1. The standard InChI is InChI=1S/C11H13ClF3N3O/c1-18(5-4-11(13,14)15)10(19)8-6-7(12)2-3-9(8)17-16/h2-3,6,17H,4-5,16H2,1H3. The van der Waals surface area contributed by atoms with Gasteiger partial charge in [0, 0.05) is 18.6 Å². The van der Waals surface area contributed by atoms with E-state index in [-0.39, 0.29) is 5.56 Å². The molecule has 0 saturated heterocycles. The van der Waals surface area contributed by atoms with Crippen molar-refractivity contribution in [2.24, 2.45) is 5.84 Å². The SMILES string of the molecule is CN(CCC(F)(F)F)C(=O)c1cc(Cl)ccc1NN. The monoisotopic (exact) mass is 295 g/mol. The number of benzene rings is 1. The number of anilines is 1. The van der Waals surface area contributed by atoms with Crippen LogP contribution in [0.2, 0.25) is 5.02 Å². The number of halogens is 4. The number of hydrogen-bond donors (Lipinski definition) is 2. The second kappa shape index (κ2) is 6.12. The molecule has 0 fully saturated rings. The molecule has 0 bridgehead atoms. The van der Waals surface area contributed by atoms with Crippen molar-refractivity contribution in [1.29, 1.82) is 0 Å². The van der Waals surface area contributed by atoms with E-state index in [0.717, 1.165) is 4.90 Å². The number of rotatable bonds is 4. The van der Waals surface area contributed by atoms with Gasteiger partial charge in [0.05, 0.1) is 17.7 Å². The van der Waals surface area contributed by atoms with Gasteiger partial charge in [0.25, 0.3) is 5.91 Å². The van der Waals surface area contributed by atoms with Crippen LogP contribution in [0.15, 0.2) is 18.2 Å². The van der Waals surface area contributed by atoms with Gasteiger partial charge < -0.3 is 10.3 Å². The van der Waals surface area contributed by atoms with E-state index in [9.17, 15) is 18.0 Å². The fourth-order valence-corrected chi connectivity index (χ4v) is 1.59. The predicted octanol–water partition coefficient (Wildman–Crippen LogP) is 2.65. The molecule has 1 aromatic carbocycles. The van der Waals surface area contributed by atoms with Crippen LogP contribution in [0, 0.1) is 0 Å². The average molecular weight is 296 g/mol. The van der Waals surface area contributed by atoms with Crippen molar-refractivity contribution in [3.05, 3.63) is 28.8 Å². The highest BCUT2D eigenvalue weighted by Crippen LogP contribution is 2.23. The van der Waals surface area contributed by atoms with Gasteiger partial charge in [-0.2, -0.15) is 13.2 Å². The van der Waals surface area contributed by atoms with Gasteiger partial charge in [0.1, 0.15) is 0 Å². The summed E-state index contributed by atoms with van der Waals surface area (Å²) in [6.45, 7) is -0.432. The molecule has 0 atom stereocenters. The minimum Gasteiger partial charge on any atom is -0.341 e. The molecule has 3 N–H and O–H groups in total. The maximum Gasteiger partial charge on any atom is 0.390 e. The summed E-state index contributed by atoms with van der Waals surface area (Å²) in [5, 5.41) is 0.298. The van der Waals surface area contributed by atoms with E-state index < -0.39 is 25.0 Å². The molecule has 0 aromatic heterocycles. The second-order valence-corrected chi connectivity index (χ2v) is 4.36.